The van der Waals surface area contributed by atoms with E-state index in [0.29, 0.717) is 10.3 Å². The molecule has 144 valence electrons. The van der Waals surface area contributed by atoms with Crippen LogP contribution in [0.4, 0.5) is 4.39 Å². The molecule has 2 unspecified atom stereocenters. The van der Waals surface area contributed by atoms with Crippen LogP contribution in [0.25, 0.3) is 0 Å². The quantitative estimate of drug-likeness (QED) is 0.703. The molecule has 0 saturated heterocycles. The molecule has 0 amide bonds. The molecule has 0 saturated carbocycles. The molecule has 24 heavy (non-hydrogen) atoms. The summed E-state index contributed by atoms with van der Waals surface area (Å²) in [5.74, 6) is 0. The van der Waals surface area contributed by atoms with Crippen LogP contribution < -0.4 is 0 Å². The van der Waals surface area contributed by atoms with Crippen LogP contribution in [-0.2, 0) is 9.84 Å². The highest BCUT2D eigenvalue weighted by Crippen LogP contribution is 2.05. The fourth-order valence-electron chi connectivity index (χ4n) is 1.48. The van der Waals surface area contributed by atoms with E-state index < -0.39 is 17.0 Å². The molecule has 1 aromatic rings. The van der Waals surface area contributed by atoms with E-state index in [0.717, 1.165) is 19.3 Å². The molecule has 3 nitrogen and oxygen atoms in total. The summed E-state index contributed by atoms with van der Waals surface area (Å²) in [5.41, 5.74) is 0. The standard InChI is InChI=1S/C7H8O2S.C5H11Cl.C5H12O.CH3F/c1-10(8,9)7-5-3-2-4-6-7;2*1-3-4-5(2)6;1-2/h2-6H,1H3;5H,3-4H2,1-2H3;5-6H,3-4H2,1-2H3;1H3/i;;;1D. The van der Waals surface area contributed by atoms with Crippen molar-refractivity contribution < 1.29 is 19.3 Å². The summed E-state index contributed by atoms with van der Waals surface area (Å²) < 4.78 is 37.2. The first-order chi connectivity index (χ1) is 11.6. The summed E-state index contributed by atoms with van der Waals surface area (Å²) in [6.07, 6.45) is 5.45. The number of hydrogen-bond acceptors (Lipinski definition) is 3. The molecule has 1 aromatic carbocycles. The maximum atomic E-state index is 10.8. The molecule has 0 bridgehead atoms. The predicted octanol–water partition coefficient (Wildman–Crippen LogP) is 5.26. The van der Waals surface area contributed by atoms with E-state index in [9.17, 15) is 12.8 Å². The number of sulfone groups is 1. The summed E-state index contributed by atoms with van der Waals surface area (Å²) in [6, 6.07) is 8.35. The van der Waals surface area contributed by atoms with Crippen molar-refractivity contribution in [3.63, 3.8) is 0 Å². The van der Waals surface area contributed by atoms with Gasteiger partial charge in [0.25, 0.3) is 0 Å². The van der Waals surface area contributed by atoms with Crippen molar-refractivity contribution >= 4 is 21.4 Å². The molecule has 1 N–H and O–H groups in total. The Morgan fingerprint density at radius 2 is 1.58 bits per heavy atom. The Morgan fingerprint density at radius 3 is 1.71 bits per heavy atom. The zero-order chi connectivity index (χ0) is 20.3. The minimum atomic E-state index is -3.00. The van der Waals surface area contributed by atoms with E-state index in [1.807, 2.05) is 13.8 Å². The average Bonchev–Trinajstić information content (AvgIpc) is 2.49. The largest absolute Gasteiger partial charge is 0.393 e. The van der Waals surface area contributed by atoms with Crippen LogP contribution in [0.3, 0.4) is 0 Å². The van der Waals surface area contributed by atoms with Crippen molar-refractivity contribution in [2.75, 3.05) is 13.4 Å². The molecule has 0 aromatic heterocycles. The van der Waals surface area contributed by atoms with E-state index in [1.54, 1.807) is 30.3 Å². The maximum absolute atomic E-state index is 10.8. The Balaban J connectivity index is -0.000000282. The van der Waals surface area contributed by atoms with Gasteiger partial charge in [-0.2, -0.15) is 0 Å². The molecule has 0 radical (unpaired) electrons. The van der Waals surface area contributed by atoms with Gasteiger partial charge in [-0.25, -0.2) is 8.42 Å². The molecule has 2 atom stereocenters. The molecule has 0 aliphatic carbocycles. The first kappa shape index (κ1) is 25.6. The van der Waals surface area contributed by atoms with Gasteiger partial charge in [0.2, 0.25) is 0 Å². The summed E-state index contributed by atoms with van der Waals surface area (Å²) in [6.45, 7) is 8.03. The molecule has 0 spiro atoms. The van der Waals surface area contributed by atoms with Gasteiger partial charge in [-0.05, 0) is 38.8 Å². The van der Waals surface area contributed by atoms with Gasteiger partial charge < -0.3 is 5.11 Å². The number of aliphatic hydroxyl groups is 1. The van der Waals surface area contributed by atoms with Gasteiger partial charge in [0.1, 0.15) is 0 Å². The smallest absolute Gasteiger partial charge is 0.175 e. The van der Waals surface area contributed by atoms with Gasteiger partial charge in [0.15, 0.2) is 9.84 Å². The average molecular weight is 386 g/mol. The van der Waals surface area contributed by atoms with Gasteiger partial charge in [0, 0.05) is 11.6 Å². The predicted molar refractivity (Wildman–Crippen MR) is 103 cm³/mol. The van der Waals surface area contributed by atoms with E-state index in [1.165, 1.54) is 12.7 Å². The normalized spacial score (nSPS) is 12.8. The van der Waals surface area contributed by atoms with Crippen LogP contribution in [0.15, 0.2) is 35.2 Å². The lowest BCUT2D eigenvalue weighted by Gasteiger charge is -1.95. The van der Waals surface area contributed by atoms with Crippen LogP contribution in [0.5, 0.6) is 0 Å². The molecule has 0 aliphatic heterocycles. The van der Waals surface area contributed by atoms with E-state index in [4.69, 9.17) is 18.1 Å². The monoisotopic (exact) mass is 385 g/mol. The SMILES string of the molecule is CCCC(C)Cl.CCCC(C)O.CS(=O)(=O)c1ccccc1.[2H]CF. The summed E-state index contributed by atoms with van der Waals surface area (Å²) >= 11 is 5.58. The van der Waals surface area contributed by atoms with Gasteiger partial charge >= 0.3 is 0 Å². The highest BCUT2D eigenvalue weighted by molar-refractivity contribution is 7.90. The number of rotatable bonds is 5. The summed E-state index contributed by atoms with van der Waals surface area (Å²) in [4.78, 5) is 0.370. The maximum Gasteiger partial charge on any atom is 0.175 e. The minimum absolute atomic E-state index is 0.102. The Bertz CT molecular complexity index is 458. The van der Waals surface area contributed by atoms with E-state index >= 15 is 0 Å². The number of alkyl halides is 2. The fourth-order valence-corrected chi connectivity index (χ4v) is 2.35. The lowest BCUT2D eigenvalue weighted by molar-refractivity contribution is 0.183. The molecule has 0 aliphatic rings. The van der Waals surface area contributed by atoms with Gasteiger partial charge in [0.05, 0.1) is 19.5 Å². The molecule has 0 fully saturated rings. The van der Waals surface area contributed by atoms with Crippen LogP contribution in [0.2, 0.25) is 0 Å². The molecule has 6 heteroatoms. The van der Waals surface area contributed by atoms with Gasteiger partial charge in [-0.1, -0.05) is 44.9 Å². The second-order valence-electron chi connectivity index (χ2n) is 5.29. The summed E-state index contributed by atoms with van der Waals surface area (Å²) in [5, 5.41) is 8.92. The lowest BCUT2D eigenvalue weighted by Crippen LogP contribution is -1.95. The van der Waals surface area contributed by atoms with Crippen LogP contribution in [-0.4, -0.2) is 38.4 Å². The third kappa shape index (κ3) is 23.6. The zero-order valence-corrected chi connectivity index (χ0v) is 17.1. The molecular formula is C18H34ClFO3S. The molecule has 1 rings (SSSR count). The van der Waals surface area contributed by atoms with Crippen molar-refractivity contribution in [3.8, 4) is 0 Å². The van der Waals surface area contributed by atoms with Gasteiger partial charge in [-0.3, -0.25) is 4.39 Å². The number of hydrogen-bond donors (Lipinski definition) is 1. The van der Waals surface area contributed by atoms with E-state index in [2.05, 4.69) is 13.8 Å². The Labute approximate surface area is 154 Å². The number of benzene rings is 1. The number of aliphatic hydroxyl groups excluding tert-OH is 1. The molecular weight excluding hydrogens is 351 g/mol. The third-order valence-electron chi connectivity index (χ3n) is 2.56. The second kappa shape index (κ2) is 18.7. The molecule has 0 heterocycles. The van der Waals surface area contributed by atoms with Crippen molar-refractivity contribution in [2.45, 2.75) is 69.8 Å². The third-order valence-corrected chi connectivity index (χ3v) is 3.91. The fraction of sp³-hybridized carbons (Fsp3) is 0.667. The van der Waals surface area contributed by atoms with Crippen LogP contribution >= 0.6 is 11.6 Å². The first-order valence-electron chi connectivity index (χ1n) is 8.69. The summed E-state index contributed by atoms with van der Waals surface area (Å²) in [7, 11) is -4.00. The van der Waals surface area contributed by atoms with Crippen molar-refractivity contribution in [1.29, 1.82) is 0 Å². The Kier molecular flexibility index (Phi) is 19.9. The highest BCUT2D eigenvalue weighted by atomic mass is 35.5. The second-order valence-corrected chi connectivity index (χ2v) is 8.05. The first-order valence-corrected chi connectivity index (χ1v) is 10.3. The van der Waals surface area contributed by atoms with Gasteiger partial charge in [-0.15, -0.1) is 11.6 Å². The van der Waals surface area contributed by atoms with Crippen LogP contribution in [0.1, 0.15) is 54.7 Å². The topological polar surface area (TPSA) is 54.4 Å². The van der Waals surface area contributed by atoms with Crippen LogP contribution in [0, 0.1) is 0 Å². The lowest BCUT2D eigenvalue weighted by atomic mass is 10.2. The zero-order valence-electron chi connectivity index (χ0n) is 16.5. The highest BCUT2D eigenvalue weighted by Gasteiger charge is 2.02. The Morgan fingerprint density at radius 1 is 1.17 bits per heavy atom. The number of halogens is 2. The Hall–Kier alpha value is -0.650. The van der Waals surface area contributed by atoms with Crippen molar-refractivity contribution in [1.82, 2.24) is 0 Å². The van der Waals surface area contributed by atoms with Crippen molar-refractivity contribution in [3.05, 3.63) is 30.3 Å². The minimum Gasteiger partial charge on any atom is -0.393 e. The van der Waals surface area contributed by atoms with E-state index in [-0.39, 0.29) is 6.10 Å². The van der Waals surface area contributed by atoms with Crippen molar-refractivity contribution in [2.24, 2.45) is 0 Å².